The minimum Gasteiger partial charge on any atom is -0.475 e. The zero-order valence-corrected chi connectivity index (χ0v) is 15.5. The van der Waals surface area contributed by atoms with Crippen LogP contribution in [0, 0.1) is 5.41 Å². The number of aromatic nitrogens is 3. The number of rotatable bonds is 6. The molecule has 9 nitrogen and oxygen atoms in total. The van der Waals surface area contributed by atoms with Gasteiger partial charge < -0.3 is 24.8 Å². The van der Waals surface area contributed by atoms with Crippen molar-refractivity contribution in [1.29, 1.82) is 5.41 Å². The second kappa shape index (κ2) is 8.24. The van der Waals surface area contributed by atoms with Gasteiger partial charge in [-0.05, 0) is 30.3 Å². The van der Waals surface area contributed by atoms with Crippen molar-refractivity contribution in [3.63, 3.8) is 0 Å². The average Bonchev–Trinajstić information content (AvgIpc) is 3.15. The standard InChI is InChI=1S/C19H22N6O3/c1-21-16-9-12(23-19-15-3-2-6-22-18(15)24-25-19)4-5-14(16)17(20)28-11-13-10-26-7-8-27-13/h2-6,9,13,20-21H,7-8,10-11H2,1H3,(H2,22,23,24,25). The molecule has 28 heavy (non-hydrogen) atoms. The second-order valence-corrected chi connectivity index (χ2v) is 6.32. The van der Waals surface area contributed by atoms with Gasteiger partial charge in [-0.3, -0.25) is 10.5 Å². The molecule has 3 aromatic rings. The summed E-state index contributed by atoms with van der Waals surface area (Å²) in [6.07, 6.45) is 1.56. The molecular weight excluding hydrogens is 360 g/mol. The van der Waals surface area contributed by atoms with Gasteiger partial charge in [0.05, 0.1) is 30.8 Å². The lowest BCUT2D eigenvalue weighted by molar-refractivity contribution is -0.103. The third kappa shape index (κ3) is 3.90. The van der Waals surface area contributed by atoms with Gasteiger partial charge in [0.25, 0.3) is 0 Å². The van der Waals surface area contributed by atoms with Gasteiger partial charge in [0.1, 0.15) is 18.5 Å². The van der Waals surface area contributed by atoms with Crippen LogP contribution in [0.5, 0.6) is 0 Å². The molecule has 1 fully saturated rings. The van der Waals surface area contributed by atoms with E-state index in [-0.39, 0.29) is 18.6 Å². The molecular formula is C19H22N6O3. The fourth-order valence-electron chi connectivity index (χ4n) is 3.00. The van der Waals surface area contributed by atoms with E-state index < -0.39 is 0 Å². The summed E-state index contributed by atoms with van der Waals surface area (Å²) in [6, 6.07) is 9.45. The number of hydrogen-bond donors (Lipinski definition) is 4. The first-order chi connectivity index (χ1) is 13.7. The molecule has 0 saturated carbocycles. The second-order valence-electron chi connectivity index (χ2n) is 6.32. The van der Waals surface area contributed by atoms with E-state index in [0.717, 1.165) is 22.6 Å². The van der Waals surface area contributed by atoms with Crippen molar-refractivity contribution in [2.45, 2.75) is 6.10 Å². The lowest BCUT2D eigenvalue weighted by atomic mass is 10.1. The van der Waals surface area contributed by atoms with Gasteiger partial charge in [-0.1, -0.05) is 0 Å². The highest BCUT2D eigenvalue weighted by Gasteiger charge is 2.17. The SMILES string of the molecule is CNc1cc(Nc2[nH]nc3ncccc23)ccc1C(=N)OCC1COCCO1. The molecule has 1 saturated heterocycles. The van der Waals surface area contributed by atoms with Crippen molar-refractivity contribution in [3.8, 4) is 0 Å². The fraction of sp³-hybridized carbons (Fsp3) is 0.316. The normalized spacial score (nSPS) is 16.7. The van der Waals surface area contributed by atoms with E-state index in [4.69, 9.17) is 19.6 Å². The zero-order chi connectivity index (χ0) is 19.3. The number of ether oxygens (including phenoxy) is 3. The van der Waals surface area contributed by atoms with Crippen LogP contribution in [0.2, 0.25) is 0 Å². The number of H-pyrrole nitrogens is 1. The first-order valence-corrected chi connectivity index (χ1v) is 9.03. The van der Waals surface area contributed by atoms with Gasteiger partial charge in [-0.25, -0.2) is 4.98 Å². The molecule has 1 atom stereocenters. The fourth-order valence-corrected chi connectivity index (χ4v) is 3.00. The van der Waals surface area contributed by atoms with Crippen LogP contribution in [0.3, 0.4) is 0 Å². The molecule has 146 valence electrons. The molecule has 0 bridgehead atoms. The van der Waals surface area contributed by atoms with Crippen LogP contribution in [0.4, 0.5) is 17.2 Å². The average molecular weight is 382 g/mol. The Bertz CT molecular complexity index is 967. The Morgan fingerprint density at radius 1 is 1.36 bits per heavy atom. The van der Waals surface area contributed by atoms with E-state index in [1.807, 2.05) is 37.4 Å². The maximum atomic E-state index is 8.26. The lowest BCUT2D eigenvalue weighted by Gasteiger charge is -2.23. The maximum Gasteiger partial charge on any atom is 0.215 e. The number of nitrogens with zero attached hydrogens (tertiary/aromatic N) is 2. The van der Waals surface area contributed by atoms with E-state index in [0.29, 0.717) is 31.0 Å². The van der Waals surface area contributed by atoms with E-state index in [1.165, 1.54) is 0 Å². The monoisotopic (exact) mass is 382 g/mol. The Morgan fingerprint density at radius 2 is 2.29 bits per heavy atom. The lowest BCUT2D eigenvalue weighted by Crippen LogP contribution is -2.33. The van der Waals surface area contributed by atoms with Gasteiger partial charge in [0.15, 0.2) is 5.65 Å². The van der Waals surface area contributed by atoms with Crippen LogP contribution in [-0.2, 0) is 14.2 Å². The number of fused-ring (bicyclic) bond motifs is 1. The Labute approximate surface area is 161 Å². The van der Waals surface area contributed by atoms with Crippen LogP contribution in [0.1, 0.15) is 5.56 Å². The summed E-state index contributed by atoms with van der Waals surface area (Å²) in [5.74, 6) is 0.847. The van der Waals surface area contributed by atoms with E-state index in [9.17, 15) is 0 Å². The minimum atomic E-state index is -0.143. The molecule has 1 aliphatic rings. The molecule has 1 aromatic carbocycles. The first-order valence-electron chi connectivity index (χ1n) is 9.03. The van der Waals surface area contributed by atoms with Crippen molar-refractivity contribution in [1.82, 2.24) is 15.2 Å². The van der Waals surface area contributed by atoms with Crippen LogP contribution >= 0.6 is 0 Å². The van der Waals surface area contributed by atoms with Crippen LogP contribution in [-0.4, -0.2) is 60.7 Å². The third-order valence-corrected chi connectivity index (χ3v) is 4.43. The molecule has 0 radical (unpaired) electrons. The van der Waals surface area contributed by atoms with Gasteiger partial charge in [0, 0.05) is 24.6 Å². The Balaban J connectivity index is 1.47. The number of hydrogen-bond acceptors (Lipinski definition) is 8. The van der Waals surface area contributed by atoms with Crippen molar-refractivity contribution in [3.05, 3.63) is 42.1 Å². The smallest absolute Gasteiger partial charge is 0.215 e. The summed E-state index contributed by atoms with van der Waals surface area (Å²) in [4.78, 5) is 4.21. The predicted molar refractivity (Wildman–Crippen MR) is 106 cm³/mol. The highest BCUT2D eigenvalue weighted by atomic mass is 16.6. The maximum absolute atomic E-state index is 8.26. The summed E-state index contributed by atoms with van der Waals surface area (Å²) in [5.41, 5.74) is 2.94. The van der Waals surface area contributed by atoms with Crippen LogP contribution in [0.25, 0.3) is 11.0 Å². The van der Waals surface area contributed by atoms with Gasteiger partial charge >= 0.3 is 0 Å². The number of aromatic amines is 1. The van der Waals surface area contributed by atoms with Crippen molar-refractivity contribution >= 4 is 34.1 Å². The Morgan fingerprint density at radius 3 is 3.11 bits per heavy atom. The van der Waals surface area contributed by atoms with Gasteiger partial charge in [-0.2, -0.15) is 5.10 Å². The quantitative estimate of drug-likeness (QED) is 0.382. The van der Waals surface area contributed by atoms with Crippen molar-refractivity contribution in [2.75, 3.05) is 44.1 Å². The first kappa shape index (κ1) is 18.2. The van der Waals surface area contributed by atoms with Crippen LogP contribution < -0.4 is 10.6 Å². The molecule has 2 aromatic heterocycles. The summed E-state index contributed by atoms with van der Waals surface area (Å²) >= 11 is 0. The summed E-state index contributed by atoms with van der Waals surface area (Å²) < 4.78 is 16.5. The topological polar surface area (TPSA) is 117 Å². The Kier molecular flexibility index (Phi) is 5.36. The van der Waals surface area contributed by atoms with Crippen molar-refractivity contribution < 1.29 is 14.2 Å². The number of benzene rings is 1. The van der Waals surface area contributed by atoms with Crippen LogP contribution in [0.15, 0.2) is 36.5 Å². The largest absolute Gasteiger partial charge is 0.475 e. The molecule has 1 aliphatic heterocycles. The molecule has 4 rings (SSSR count). The number of pyridine rings is 1. The molecule has 1 unspecified atom stereocenters. The van der Waals surface area contributed by atoms with Gasteiger partial charge in [0.2, 0.25) is 5.90 Å². The molecule has 0 amide bonds. The van der Waals surface area contributed by atoms with Gasteiger partial charge in [-0.15, -0.1) is 0 Å². The minimum absolute atomic E-state index is 0.0845. The summed E-state index contributed by atoms with van der Waals surface area (Å²) in [6.45, 7) is 1.94. The van der Waals surface area contributed by atoms with E-state index in [2.05, 4.69) is 25.8 Å². The summed E-state index contributed by atoms with van der Waals surface area (Å²) in [7, 11) is 1.81. The highest BCUT2D eigenvalue weighted by molar-refractivity contribution is 5.98. The zero-order valence-electron chi connectivity index (χ0n) is 15.5. The third-order valence-electron chi connectivity index (χ3n) is 4.43. The molecule has 9 heteroatoms. The predicted octanol–water partition coefficient (Wildman–Crippen LogP) is 2.50. The van der Waals surface area contributed by atoms with E-state index in [1.54, 1.807) is 6.20 Å². The molecule has 0 spiro atoms. The molecule has 0 aliphatic carbocycles. The molecule has 3 heterocycles. The number of nitrogens with one attached hydrogen (secondary N) is 4. The molecule has 4 N–H and O–H groups in total. The number of anilines is 3. The van der Waals surface area contributed by atoms with Crippen molar-refractivity contribution in [2.24, 2.45) is 0 Å². The summed E-state index contributed by atoms with van der Waals surface area (Å²) in [5, 5.41) is 22.7. The highest BCUT2D eigenvalue weighted by Crippen LogP contribution is 2.26. The van der Waals surface area contributed by atoms with E-state index >= 15 is 0 Å². The Hall–Kier alpha value is -3.17.